The van der Waals surface area contributed by atoms with Crippen LogP contribution in [0, 0.1) is 19.8 Å². The number of fused-ring (bicyclic) bond motifs is 1. The van der Waals surface area contributed by atoms with Crippen LogP contribution in [0.1, 0.15) is 48.8 Å². The number of aromatic nitrogens is 1. The molecule has 2 aromatic carbocycles. The van der Waals surface area contributed by atoms with Crippen molar-refractivity contribution >= 4 is 10.9 Å². The summed E-state index contributed by atoms with van der Waals surface area (Å²) in [5, 5.41) is 1.33. The second-order valence-corrected chi connectivity index (χ2v) is 7.76. The van der Waals surface area contributed by atoms with E-state index in [0.717, 1.165) is 17.1 Å². The molecule has 4 rings (SSSR count). The van der Waals surface area contributed by atoms with Crippen LogP contribution in [0.4, 0.5) is 0 Å². The van der Waals surface area contributed by atoms with Gasteiger partial charge in [-0.25, -0.2) is 4.98 Å². The van der Waals surface area contributed by atoms with Gasteiger partial charge in [-0.15, -0.1) is 0 Å². The third-order valence-electron chi connectivity index (χ3n) is 5.57. The quantitative estimate of drug-likeness (QED) is 0.525. The molecule has 0 unspecified atom stereocenters. The van der Waals surface area contributed by atoms with Crippen molar-refractivity contribution in [2.75, 3.05) is 0 Å². The van der Waals surface area contributed by atoms with Gasteiger partial charge in [-0.1, -0.05) is 67.5 Å². The number of rotatable bonds is 3. The van der Waals surface area contributed by atoms with Crippen LogP contribution in [0.15, 0.2) is 48.5 Å². The van der Waals surface area contributed by atoms with Crippen molar-refractivity contribution in [1.82, 2.24) is 4.98 Å². The van der Waals surface area contributed by atoms with Gasteiger partial charge in [0.15, 0.2) is 0 Å². The van der Waals surface area contributed by atoms with E-state index in [1.54, 1.807) is 0 Å². The van der Waals surface area contributed by atoms with Crippen molar-refractivity contribution in [3.63, 3.8) is 0 Å². The normalized spacial score (nSPS) is 15.6. The van der Waals surface area contributed by atoms with Gasteiger partial charge in [0.1, 0.15) is 0 Å². The Kier molecular flexibility index (Phi) is 4.57. The molecular weight excluding hydrogens is 302 g/mol. The van der Waals surface area contributed by atoms with Crippen LogP contribution in [-0.4, -0.2) is 4.98 Å². The van der Waals surface area contributed by atoms with E-state index in [4.69, 9.17) is 4.98 Å². The van der Waals surface area contributed by atoms with Gasteiger partial charge in [0.2, 0.25) is 0 Å². The summed E-state index contributed by atoms with van der Waals surface area (Å²) in [6.07, 6.45) is 8.23. The Morgan fingerprint density at radius 2 is 1.64 bits per heavy atom. The third kappa shape index (κ3) is 3.61. The van der Waals surface area contributed by atoms with Crippen LogP contribution in [-0.2, 0) is 6.42 Å². The molecule has 1 saturated carbocycles. The van der Waals surface area contributed by atoms with Gasteiger partial charge in [-0.2, -0.15) is 0 Å². The molecule has 1 aliphatic carbocycles. The average Bonchev–Trinajstić information content (AvgIpc) is 2.61. The number of hydrogen-bond donors (Lipinski definition) is 0. The lowest BCUT2D eigenvalue weighted by atomic mass is 9.84. The molecular formula is C24H27N. The fourth-order valence-electron chi connectivity index (χ4n) is 4.38. The third-order valence-corrected chi connectivity index (χ3v) is 5.57. The van der Waals surface area contributed by atoms with Gasteiger partial charge in [0.05, 0.1) is 11.2 Å². The molecule has 0 aliphatic heterocycles. The van der Waals surface area contributed by atoms with Crippen LogP contribution in [0.2, 0.25) is 0 Å². The Balaban J connectivity index is 1.69. The minimum Gasteiger partial charge on any atom is -0.248 e. The number of aryl methyl sites for hydroxylation is 2. The first kappa shape index (κ1) is 16.3. The number of nitrogens with zero attached hydrogens (tertiary/aromatic N) is 1. The first-order chi connectivity index (χ1) is 12.2. The van der Waals surface area contributed by atoms with Gasteiger partial charge >= 0.3 is 0 Å². The zero-order valence-corrected chi connectivity index (χ0v) is 15.4. The van der Waals surface area contributed by atoms with E-state index in [9.17, 15) is 0 Å². The highest BCUT2D eigenvalue weighted by atomic mass is 14.7. The molecule has 128 valence electrons. The van der Waals surface area contributed by atoms with Gasteiger partial charge in [-0.05, 0) is 56.0 Å². The van der Waals surface area contributed by atoms with Gasteiger partial charge in [-0.3, -0.25) is 0 Å². The van der Waals surface area contributed by atoms with E-state index < -0.39 is 0 Å². The second kappa shape index (κ2) is 7.00. The molecule has 0 spiro atoms. The van der Waals surface area contributed by atoms with Crippen LogP contribution in [0.25, 0.3) is 22.2 Å². The van der Waals surface area contributed by atoms with Crippen molar-refractivity contribution in [2.24, 2.45) is 5.92 Å². The Morgan fingerprint density at radius 3 is 2.40 bits per heavy atom. The van der Waals surface area contributed by atoms with E-state index in [1.807, 2.05) is 0 Å². The Bertz CT molecular complexity index is 867. The van der Waals surface area contributed by atoms with Crippen molar-refractivity contribution in [3.05, 3.63) is 65.2 Å². The summed E-state index contributed by atoms with van der Waals surface area (Å²) in [6, 6.07) is 17.8. The van der Waals surface area contributed by atoms with Crippen LogP contribution < -0.4 is 0 Å². The lowest BCUT2D eigenvalue weighted by Crippen LogP contribution is -2.09. The topological polar surface area (TPSA) is 12.9 Å². The zero-order chi connectivity index (χ0) is 17.2. The van der Waals surface area contributed by atoms with Crippen molar-refractivity contribution in [1.29, 1.82) is 0 Å². The first-order valence-corrected chi connectivity index (χ1v) is 9.66. The van der Waals surface area contributed by atoms with E-state index in [1.165, 1.54) is 66.2 Å². The maximum Gasteiger partial charge on any atom is 0.0712 e. The maximum atomic E-state index is 4.98. The van der Waals surface area contributed by atoms with Crippen LogP contribution in [0.5, 0.6) is 0 Å². The van der Waals surface area contributed by atoms with E-state index in [2.05, 4.69) is 62.4 Å². The molecule has 0 atom stereocenters. The number of hydrogen-bond acceptors (Lipinski definition) is 1. The van der Waals surface area contributed by atoms with E-state index in [0.29, 0.717) is 0 Å². The standard InChI is InChI=1S/C24H27N/c1-17-13-18(2)15-21(14-17)23-12-11-22-20(9-6-10-24(22)25-23)16-19-7-4-3-5-8-19/h6,9-15,19H,3-5,7-8,16H2,1-2H3. The predicted molar refractivity (Wildman–Crippen MR) is 107 cm³/mol. The molecule has 3 aromatic rings. The number of pyridine rings is 1. The summed E-state index contributed by atoms with van der Waals surface area (Å²) >= 11 is 0. The summed E-state index contributed by atoms with van der Waals surface area (Å²) in [5.41, 5.74) is 7.49. The average molecular weight is 329 g/mol. The SMILES string of the molecule is Cc1cc(C)cc(-c2ccc3c(CC4CCCCC4)cccc3n2)c1. The van der Waals surface area contributed by atoms with Crippen LogP contribution >= 0.6 is 0 Å². The van der Waals surface area contributed by atoms with Crippen LogP contribution in [0.3, 0.4) is 0 Å². The van der Waals surface area contributed by atoms with Gasteiger partial charge < -0.3 is 0 Å². The maximum absolute atomic E-state index is 4.98. The molecule has 1 fully saturated rings. The fraction of sp³-hybridized carbons (Fsp3) is 0.375. The molecule has 1 nitrogen and oxygen atoms in total. The number of benzene rings is 2. The molecule has 1 heteroatoms. The highest BCUT2D eigenvalue weighted by Crippen LogP contribution is 2.30. The molecule has 0 amide bonds. The predicted octanol–water partition coefficient (Wildman–Crippen LogP) is 6.64. The minimum absolute atomic E-state index is 0.860. The minimum atomic E-state index is 0.860. The summed E-state index contributed by atoms with van der Waals surface area (Å²) in [5.74, 6) is 0.860. The Morgan fingerprint density at radius 1 is 0.880 bits per heavy atom. The highest BCUT2D eigenvalue weighted by molar-refractivity contribution is 5.84. The van der Waals surface area contributed by atoms with Gasteiger partial charge in [0.25, 0.3) is 0 Å². The van der Waals surface area contributed by atoms with Crippen molar-refractivity contribution < 1.29 is 0 Å². The molecule has 0 radical (unpaired) electrons. The second-order valence-electron chi connectivity index (χ2n) is 7.76. The molecule has 0 N–H and O–H groups in total. The molecule has 0 saturated heterocycles. The van der Waals surface area contributed by atoms with E-state index in [-0.39, 0.29) is 0 Å². The first-order valence-electron chi connectivity index (χ1n) is 9.66. The summed E-state index contributed by atoms with van der Waals surface area (Å²) in [7, 11) is 0. The van der Waals surface area contributed by atoms with E-state index >= 15 is 0 Å². The fourth-order valence-corrected chi connectivity index (χ4v) is 4.38. The van der Waals surface area contributed by atoms with Gasteiger partial charge in [0, 0.05) is 10.9 Å². The smallest absolute Gasteiger partial charge is 0.0712 e. The molecule has 1 aromatic heterocycles. The Hall–Kier alpha value is -2.15. The van der Waals surface area contributed by atoms with Crippen molar-refractivity contribution in [2.45, 2.75) is 52.4 Å². The zero-order valence-electron chi connectivity index (χ0n) is 15.4. The lowest BCUT2D eigenvalue weighted by molar-refractivity contribution is 0.357. The molecule has 25 heavy (non-hydrogen) atoms. The molecule has 0 bridgehead atoms. The molecule has 1 aliphatic rings. The highest BCUT2D eigenvalue weighted by Gasteiger charge is 2.15. The summed E-state index contributed by atoms with van der Waals surface area (Å²) in [6.45, 7) is 4.31. The monoisotopic (exact) mass is 329 g/mol. The molecule has 1 heterocycles. The lowest BCUT2D eigenvalue weighted by Gasteiger charge is -2.22. The summed E-state index contributed by atoms with van der Waals surface area (Å²) < 4.78 is 0. The largest absolute Gasteiger partial charge is 0.248 e. The Labute approximate surface area is 151 Å². The van der Waals surface area contributed by atoms with Crippen molar-refractivity contribution in [3.8, 4) is 11.3 Å². The summed E-state index contributed by atoms with van der Waals surface area (Å²) in [4.78, 5) is 4.98.